The van der Waals surface area contributed by atoms with Crippen LogP contribution in [0.4, 0.5) is 0 Å². The fourth-order valence-electron chi connectivity index (χ4n) is 2.17. The van der Waals surface area contributed by atoms with E-state index in [1.165, 1.54) is 19.3 Å². The van der Waals surface area contributed by atoms with Crippen LogP contribution in [-0.4, -0.2) is 23.9 Å². The average Bonchev–Trinajstić information content (AvgIpc) is 1.77. The van der Waals surface area contributed by atoms with Crippen molar-refractivity contribution in [2.75, 3.05) is 7.11 Å². The molecule has 0 aromatic heterocycles. The molecule has 2 aliphatic carbocycles. The summed E-state index contributed by atoms with van der Waals surface area (Å²) < 4.78 is 5.14. The first-order chi connectivity index (χ1) is 5.24. The minimum absolute atomic E-state index is 0.334. The molecule has 2 nitrogen and oxygen atoms in total. The van der Waals surface area contributed by atoms with Crippen LogP contribution in [-0.2, 0) is 4.74 Å². The highest BCUT2D eigenvalue weighted by molar-refractivity contribution is 5.02. The Hall–Kier alpha value is -0.0800. The van der Waals surface area contributed by atoms with E-state index in [0.29, 0.717) is 12.0 Å². The van der Waals surface area contributed by atoms with Crippen molar-refractivity contribution in [1.29, 1.82) is 0 Å². The molecule has 2 fully saturated rings. The second-order valence-corrected chi connectivity index (χ2v) is 4.00. The van der Waals surface area contributed by atoms with Gasteiger partial charge in [0, 0.05) is 20.0 Å². The van der Waals surface area contributed by atoms with Gasteiger partial charge in [-0.1, -0.05) is 6.42 Å². The zero-order valence-electron chi connectivity index (χ0n) is 7.05. The maximum atomic E-state index is 9.95. The predicted molar refractivity (Wildman–Crippen MR) is 42.3 cm³/mol. The number of hydrogen-bond donors (Lipinski definition) is 1. The topological polar surface area (TPSA) is 29.5 Å². The van der Waals surface area contributed by atoms with Crippen LogP contribution in [0.3, 0.4) is 0 Å². The molecule has 0 unspecified atom stereocenters. The fraction of sp³-hybridized carbons (Fsp3) is 1.00. The summed E-state index contributed by atoms with van der Waals surface area (Å²) in [6, 6.07) is 0. The summed E-state index contributed by atoms with van der Waals surface area (Å²) in [5.74, 6) is 0.592. The summed E-state index contributed by atoms with van der Waals surface area (Å²) >= 11 is 0. The Morgan fingerprint density at radius 2 is 2.00 bits per heavy atom. The highest BCUT2D eigenvalue weighted by atomic mass is 16.5. The molecule has 0 heterocycles. The van der Waals surface area contributed by atoms with E-state index < -0.39 is 0 Å². The molecule has 0 bridgehead atoms. The number of rotatable bonds is 2. The lowest BCUT2D eigenvalue weighted by Crippen LogP contribution is -2.55. The molecule has 0 spiro atoms. The largest absolute Gasteiger partial charge is 0.389 e. The van der Waals surface area contributed by atoms with Gasteiger partial charge in [-0.25, -0.2) is 0 Å². The molecule has 0 aliphatic heterocycles. The van der Waals surface area contributed by atoms with Gasteiger partial charge in [-0.15, -0.1) is 0 Å². The van der Waals surface area contributed by atoms with E-state index in [-0.39, 0.29) is 5.60 Å². The summed E-state index contributed by atoms with van der Waals surface area (Å²) in [6.45, 7) is 0. The van der Waals surface area contributed by atoms with Gasteiger partial charge < -0.3 is 9.84 Å². The van der Waals surface area contributed by atoms with Gasteiger partial charge in [-0.2, -0.15) is 0 Å². The summed E-state index contributed by atoms with van der Waals surface area (Å²) in [5, 5.41) is 9.95. The van der Waals surface area contributed by atoms with E-state index in [2.05, 4.69) is 0 Å². The SMILES string of the molecule is COC1CC(O)(C2CCC2)C1. The van der Waals surface area contributed by atoms with Gasteiger partial charge >= 0.3 is 0 Å². The van der Waals surface area contributed by atoms with Gasteiger partial charge in [0.1, 0.15) is 0 Å². The van der Waals surface area contributed by atoms with Gasteiger partial charge in [0.2, 0.25) is 0 Å². The molecule has 0 aromatic carbocycles. The number of hydrogen-bond acceptors (Lipinski definition) is 2. The maximum Gasteiger partial charge on any atom is 0.0725 e. The van der Waals surface area contributed by atoms with Crippen LogP contribution in [0.15, 0.2) is 0 Å². The van der Waals surface area contributed by atoms with E-state index in [0.717, 1.165) is 12.8 Å². The third-order valence-electron chi connectivity index (χ3n) is 3.36. The van der Waals surface area contributed by atoms with E-state index in [9.17, 15) is 5.11 Å². The lowest BCUT2D eigenvalue weighted by Gasteiger charge is -2.51. The van der Waals surface area contributed by atoms with Crippen molar-refractivity contribution < 1.29 is 9.84 Å². The second-order valence-electron chi connectivity index (χ2n) is 4.00. The van der Waals surface area contributed by atoms with Crippen molar-refractivity contribution >= 4 is 0 Å². The third kappa shape index (κ3) is 1.09. The molecule has 2 rings (SSSR count). The summed E-state index contributed by atoms with van der Waals surface area (Å²) in [4.78, 5) is 0. The summed E-state index contributed by atoms with van der Waals surface area (Å²) in [7, 11) is 1.73. The molecule has 0 saturated heterocycles. The Morgan fingerprint density at radius 1 is 1.36 bits per heavy atom. The Bertz CT molecular complexity index is 146. The van der Waals surface area contributed by atoms with Crippen molar-refractivity contribution in [3.63, 3.8) is 0 Å². The van der Waals surface area contributed by atoms with Crippen molar-refractivity contribution in [2.45, 2.75) is 43.8 Å². The Kier molecular flexibility index (Phi) is 1.69. The van der Waals surface area contributed by atoms with Crippen molar-refractivity contribution in [3.8, 4) is 0 Å². The molecular weight excluding hydrogens is 140 g/mol. The smallest absolute Gasteiger partial charge is 0.0725 e. The molecule has 1 N–H and O–H groups in total. The average molecular weight is 156 g/mol. The number of aliphatic hydroxyl groups is 1. The first-order valence-corrected chi connectivity index (χ1v) is 4.50. The van der Waals surface area contributed by atoms with Crippen LogP contribution in [0, 0.1) is 5.92 Å². The predicted octanol–water partition coefficient (Wildman–Crippen LogP) is 1.33. The molecule has 2 saturated carbocycles. The normalized spacial score (nSPS) is 44.7. The molecule has 11 heavy (non-hydrogen) atoms. The minimum Gasteiger partial charge on any atom is -0.389 e. The van der Waals surface area contributed by atoms with Gasteiger partial charge in [0.05, 0.1) is 11.7 Å². The minimum atomic E-state index is -0.334. The lowest BCUT2D eigenvalue weighted by molar-refractivity contribution is -0.173. The van der Waals surface area contributed by atoms with Crippen molar-refractivity contribution in [3.05, 3.63) is 0 Å². The molecule has 64 valence electrons. The monoisotopic (exact) mass is 156 g/mol. The first-order valence-electron chi connectivity index (χ1n) is 4.50. The van der Waals surface area contributed by atoms with Crippen LogP contribution in [0.5, 0.6) is 0 Å². The quantitative estimate of drug-likeness (QED) is 0.653. The van der Waals surface area contributed by atoms with Gasteiger partial charge in [-0.3, -0.25) is 0 Å². The fourth-order valence-corrected chi connectivity index (χ4v) is 2.17. The Morgan fingerprint density at radius 3 is 2.36 bits per heavy atom. The van der Waals surface area contributed by atoms with Crippen LogP contribution >= 0.6 is 0 Å². The zero-order valence-corrected chi connectivity index (χ0v) is 7.05. The molecular formula is C9H16O2. The standard InChI is InChI=1S/C9H16O2/c1-11-8-5-9(10,6-8)7-3-2-4-7/h7-8,10H,2-6H2,1H3. The molecule has 0 amide bonds. The van der Waals surface area contributed by atoms with Crippen LogP contribution in [0.1, 0.15) is 32.1 Å². The number of ether oxygens (including phenoxy) is 1. The summed E-state index contributed by atoms with van der Waals surface area (Å²) in [6.07, 6.45) is 5.84. The van der Waals surface area contributed by atoms with Crippen LogP contribution in [0.25, 0.3) is 0 Å². The summed E-state index contributed by atoms with van der Waals surface area (Å²) in [5.41, 5.74) is -0.334. The Labute approximate surface area is 67.6 Å². The van der Waals surface area contributed by atoms with Gasteiger partial charge in [0.15, 0.2) is 0 Å². The highest BCUT2D eigenvalue weighted by Gasteiger charge is 2.50. The van der Waals surface area contributed by atoms with Crippen molar-refractivity contribution in [2.24, 2.45) is 5.92 Å². The molecule has 0 aromatic rings. The van der Waals surface area contributed by atoms with E-state index in [1.54, 1.807) is 7.11 Å². The lowest BCUT2D eigenvalue weighted by atomic mass is 9.62. The van der Waals surface area contributed by atoms with Gasteiger partial charge in [0.25, 0.3) is 0 Å². The molecule has 0 atom stereocenters. The second kappa shape index (κ2) is 2.46. The van der Waals surface area contributed by atoms with E-state index >= 15 is 0 Å². The maximum absolute atomic E-state index is 9.95. The van der Waals surface area contributed by atoms with Crippen LogP contribution < -0.4 is 0 Å². The zero-order chi connectivity index (χ0) is 7.90. The Balaban J connectivity index is 1.84. The van der Waals surface area contributed by atoms with E-state index in [4.69, 9.17) is 4.74 Å². The molecule has 2 aliphatic rings. The number of methoxy groups -OCH3 is 1. The van der Waals surface area contributed by atoms with Crippen LogP contribution in [0.2, 0.25) is 0 Å². The van der Waals surface area contributed by atoms with Gasteiger partial charge in [-0.05, 0) is 18.8 Å². The molecule has 0 radical (unpaired) electrons. The first kappa shape index (κ1) is 7.56. The highest BCUT2D eigenvalue weighted by Crippen LogP contribution is 2.48. The molecule has 2 heteroatoms. The van der Waals surface area contributed by atoms with Crippen molar-refractivity contribution in [1.82, 2.24) is 0 Å². The third-order valence-corrected chi connectivity index (χ3v) is 3.36. The van der Waals surface area contributed by atoms with E-state index in [1.807, 2.05) is 0 Å².